The van der Waals surface area contributed by atoms with Gasteiger partial charge in [0.05, 0.1) is 0 Å². The topological polar surface area (TPSA) is 55.5 Å². The third-order valence-electron chi connectivity index (χ3n) is 3.98. The van der Waals surface area contributed by atoms with Crippen LogP contribution in [0, 0.1) is 0 Å². The summed E-state index contributed by atoms with van der Waals surface area (Å²) in [4.78, 5) is 0. The van der Waals surface area contributed by atoms with Crippen LogP contribution in [0.4, 0.5) is 0 Å². The minimum absolute atomic E-state index is 0.556. The Balaban J connectivity index is 4.97. The molecule has 0 aromatic rings. The van der Waals surface area contributed by atoms with Crippen molar-refractivity contribution in [2.75, 3.05) is 6.61 Å². The van der Waals surface area contributed by atoms with Crippen molar-refractivity contribution in [3.05, 3.63) is 0 Å². The van der Waals surface area contributed by atoms with Crippen LogP contribution in [0.15, 0.2) is 0 Å². The Bertz CT molecular complexity index is 213. The maximum Gasteiger partial charge on any atom is 0.145 e. The van der Waals surface area contributed by atoms with Gasteiger partial charge in [-0.1, -0.05) is 52.9 Å². The lowest BCUT2D eigenvalue weighted by molar-refractivity contribution is -0.192. The van der Waals surface area contributed by atoms with Crippen molar-refractivity contribution in [3.8, 4) is 0 Å². The third kappa shape index (κ3) is 5.80. The van der Waals surface area contributed by atoms with Crippen LogP contribution in [-0.2, 0) is 4.74 Å². The highest BCUT2D eigenvalue weighted by atomic mass is 16.5. The van der Waals surface area contributed by atoms with Crippen LogP contribution in [0.1, 0.15) is 85.5 Å². The summed E-state index contributed by atoms with van der Waals surface area (Å²) in [6.45, 7) is 8.94. The molecular weight excluding hydrogens is 238 g/mol. The average molecular weight is 273 g/mol. The SMILES string of the molecule is CCCCC(O)(CCCC)C(N)(CCCC)OCC. The number of aliphatic hydroxyl groups is 1. The minimum atomic E-state index is -0.887. The van der Waals surface area contributed by atoms with Crippen molar-refractivity contribution < 1.29 is 9.84 Å². The first-order chi connectivity index (χ1) is 8.99. The van der Waals surface area contributed by atoms with Crippen LogP contribution < -0.4 is 5.73 Å². The molecule has 0 aromatic heterocycles. The highest BCUT2D eigenvalue weighted by molar-refractivity contribution is 4.97. The molecular formula is C16H35NO2. The number of ether oxygens (including phenoxy) is 1. The van der Waals surface area contributed by atoms with E-state index < -0.39 is 11.3 Å². The van der Waals surface area contributed by atoms with Crippen molar-refractivity contribution in [1.29, 1.82) is 0 Å². The Hall–Kier alpha value is -0.120. The van der Waals surface area contributed by atoms with E-state index in [1.807, 2.05) is 6.92 Å². The van der Waals surface area contributed by atoms with Crippen molar-refractivity contribution in [3.63, 3.8) is 0 Å². The van der Waals surface area contributed by atoms with Gasteiger partial charge in [0.2, 0.25) is 0 Å². The Labute approximate surface area is 119 Å². The smallest absolute Gasteiger partial charge is 0.145 e. The number of hydrogen-bond acceptors (Lipinski definition) is 3. The van der Waals surface area contributed by atoms with Gasteiger partial charge in [0.15, 0.2) is 0 Å². The van der Waals surface area contributed by atoms with E-state index in [1.165, 1.54) is 0 Å². The maximum absolute atomic E-state index is 11.1. The number of rotatable bonds is 12. The van der Waals surface area contributed by atoms with Gasteiger partial charge in [-0.15, -0.1) is 0 Å². The van der Waals surface area contributed by atoms with Crippen molar-refractivity contribution in [2.45, 2.75) is 96.8 Å². The summed E-state index contributed by atoms with van der Waals surface area (Å²) in [7, 11) is 0. The molecule has 3 nitrogen and oxygen atoms in total. The minimum Gasteiger partial charge on any atom is -0.385 e. The Kier molecular flexibility index (Phi) is 9.67. The predicted octanol–water partition coefficient (Wildman–Crippen LogP) is 3.98. The van der Waals surface area contributed by atoms with Crippen LogP contribution in [0.3, 0.4) is 0 Å². The van der Waals surface area contributed by atoms with Crippen LogP contribution in [0.25, 0.3) is 0 Å². The van der Waals surface area contributed by atoms with Crippen molar-refractivity contribution >= 4 is 0 Å². The molecule has 1 atom stereocenters. The molecule has 116 valence electrons. The maximum atomic E-state index is 11.1. The van der Waals surface area contributed by atoms with Crippen molar-refractivity contribution in [1.82, 2.24) is 0 Å². The van der Waals surface area contributed by atoms with E-state index in [4.69, 9.17) is 10.5 Å². The lowest BCUT2D eigenvalue weighted by Gasteiger charge is -2.45. The van der Waals surface area contributed by atoms with E-state index in [0.717, 1.165) is 57.8 Å². The zero-order chi connectivity index (χ0) is 14.8. The molecule has 0 radical (unpaired) electrons. The largest absolute Gasteiger partial charge is 0.385 e. The van der Waals surface area contributed by atoms with Gasteiger partial charge in [-0.3, -0.25) is 0 Å². The molecule has 0 saturated carbocycles. The molecule has 0 bridgehead atoms. The molecule has 19 heavy (non-hydrogen) atoms. The molecule has 0 aliphatic carbocycles. The second-order valence-corrected chi connectivity index (χ2v) is 5.66. The zero-order valence-electron chi connectivity index (χ0n) is 13.5. The summed E-state index contributed by atoms with van der Waals surface area (Å²) in [5.74, 6) is 0. The number of unbranched alkanes of at least 4 members (excludes halogenated alkanes) is 3. The first kappa shape index (κ1) is 18.9. The molecule has 0 fully saturated rings. The molecule has 0 amide bonds. The monoisotopic (exact) mass is 273 g/mol. The van der Waals surface area contributed by atoms with Gasteiger partial charge < -0.3 is 15.6 Å². The van der Waals surface area contributed by atoms with Crippen molar-refractivity contribution in [2.24, 2.45) is 5.73 Å². The van der Waals surface area contributed by atoms with E-state index in [1.54, 1.807) is 0 Å². The van der Waals surface area contributed by atoms with E-state index in [-0.39, 0.29) is 0 Å². The van der Waals surface area contributed by atoms with E-state index >= 15 is 0 Å². The molecule has 0 spiro atoms. The second-order valence-electron chi connectivity index (χ2n) is 5.66. The number of nitrogens with two attached hydrogens (primary N) is 1. The first-order valence-corrected chi connectivity index (χ1v) is 8.14. The normalized spacial score (nSPS) is 15.5. The molecule has 3 N–H and O–H groups in total. The highest BCUT2D eigenvalue weighted by Gasteiger charge is 2.46. The third-order valence-corrected chi connectivity index (χ3v) is 3.98. The van der Waals surface area contributed by atoms with E-state index in [2.05, 4.69) is 20.8 Å². The fourth-order valence-electron chi connectivity index (χ4n) is 2.62. The average Bonchev–Trinajstić information content (AvgIpc) is 2.40. The second kappa shape index (κ2) is 9.73. The summed E-state index contributed by atoms with van der Waals surface area (Å²) in [5.41, 5.74) is 4.71. The van der Waals surface area contributed by atoms with Gasteiger partial charge in [0.1, 0.15) is 11.3 Å². The van der Waals surface area contributed by atoms with Crippen LogP contribution in [-0.4, -0.2) is 23.0 Å². The van der Waals surface area contributed by atoms with Gasteiger partial charge in [0, 0.05) is 6.61 Å². The van der Waals surface area contributed by atoms with Gasteiger partial charge in [-0.2, -0.15) is 0 Å². The van der Waals surface area contributed by atoms with Crippen LogP contribution >= 0.6 is 0 Å². The van der Waals surface area contributed by atoms with E-state index in [9.17, 15) is 5.11 Å². The number of hydrogen-bond donors (Lipinski definition) is 2. The standard InChI is InChI=1S/C16H35NO2/c1-5-9-12-15(18,13-10-6-2)16(17,19-8-4)14-11-7-3/h18H,5-14,17H2,1-4H3. The molecule has 0 aromatic carbocycles. The Morgan fingerprint density at radius 1 is 0.842 bits per heavy atom. The fourth-order valence-corrected chi connectivity index (χ4v) is 2.62. The van der Waals surface area contributed by atoms with Gasteiger partial charge >= 0.3 is 0 Å². The first-order valence-electron chi connectivity index (χ1n) is 8.14. The molecule has 1 unspecified atom stereocenters. The van der Waals surface area contributed by atoms with Gasteiger partial charge in [-0.05, 0) is 32.6 Å². The molecule has 0 saturated heterocycles. The summed E-state index contributed by atoms with van der Waals surface area (Å²) in [6, 6.07) is 0. The molecule has 3 heteroatoms. The van der Waals surface area contributed by atoms with Crippen LogP contribution in [0.5, 0.6) is 0 Å². The lowest BCUT2D eigenvalue weighted by Crippen LogP contribution is -2.62. The molecule has 0 aliphatic rings. The van der Waals surface area contributed by atoms with Gasteiger partial charge in [-0.25, -0.2) is 0 Å². The Morgan fingerprint density at radius 2 is 1.26 bits per heavy atom. The fraction of sp³-hybridized carbons (Fsp3) is 1.00. The summed E-state index contributed by atoms with van der Waals surface area (Å²) < 4.78 is 5.82. The predicted molar refractivity (Wildman–Crippen MR) is 82.1 cm³/mol. The summed E-state index contributed by atoms with van der Waals surface area (Å²) >= 11 is 0. The Morgan fingerprint density at radius 3 is 1.63 bits per heavy atom. The summed E-state index contributed by atoms with van der Waals surface area (Å²) in [5, 5.41) is 11.1. The molecule has 0 aliphatic heterocycles. The quantitative estimate of drug-likeness (QED) is 0.529. The lowest BCUT2D eigenvalue weighted by atomic mass is 9.79. The summed E-state index contributed by atoms with van der Waals surface area (Å²) in [6.07, 6.45) is 8.43. The molecule has 0 heterocycles. The highest BCUT2D eigenvalue weighted by Crippen LogP contribution is 2.35. The van der Waals surface area contributed by atoms with E-state index in [0.29, 0.717) is 6.61 Å². The van der Waals surface area contributed by atoms with Crippen LogP contribution in [0.2, 0.25) is 0 Å². The van der Waals surface area contributed by atoms with Gasteiger partial charge in [0.25, 0.3) is 0 Å². The molecule has 0 rings (SSSR count). The zero-order valence-corrected chi connectivity index (χ0v) is 13.5.